The molecule has 0 unspecified atom stereocenters. The molecule has 0 aliphatic rings. The summed E-state index contributed by atoms with van der Waals surface area (Å²) in [7, 11) is -3.68. The number of sulfonamides is 1. The van der Waals surface area contributed by atoms with E-state index in [2.05, 4.69) is 25.6 Å². The number of thiazole rings is 1. The largest absolute Gasteiger partial charge is 0.399 e. The average molecular weight is 362 g/mol. The van der Waals surface area contributed by atoms with E-state index in [1.165, 1.54) is 17.4 Å². The van der Waals surface area contributed by atoms with Gasteiger partial charge in [0.2, 0.25) is 0 Å². The molecular weight excluding hydrogens is 350 g/mol. The van der Waals surface area contributed by atoms with Gasteiger partial charge in [-0.05, 0) is 53.0 Å². The van der Waals surface area contributed by atoms with Crippen LogP contribution in [-0.2, 0) is 10.0 Å². The fraction of sp³-hybridized carbons (Fsp3) is 0.182. The van der Waals surface area contributed by atoms with E-state index in [4.69, 9.17) is 5.73 Å². The second-order valence-corrected chi connectivity index (χ2v) is 8.10. The van der Waals surface area contributed by atoms with E-state index in [0.717, 1.165) is 9.35 Å². The lowest BCUT2D eigenvalue weighted by atomic mass is 10.1. The SMILES string of the molecule is Cc1cc(N)cc(S(=O)(=O)Nc2ncc(Br)s2)c1C. The standard InChI is InChI=1S/C11H12BrN3O2S2/c1-6-3-8(13)4-9(7(6)2)19(16,17)15-11-14-5-10(12)18-11/h3-5H,13H2,1-2H3,(H,14,15). The quantitative estimate of drug-likeness (QED) is 0.823. The van der Waals surface area contributed by atoms with Crippen LogP contribution in [0.2, 0.25) is 0 Å². The van der Waals surface area contributed by atoms with Gasteiger partial charge in [-0.2, -0.15) is 0 Å². The van der Waals surface area contributed by atoms with Gasteiger partial charge < -0.3 is 5.73 Å². The number of nitrogens with zero attached hydrogens (tertiary/aromatic N) is 1. The number of hydrogen-bond acceptors (Lipinski definition) is 5. The molecule has 2 rings (SSSR count). The predicted octanol–water partition coefficient (Wildman–Crippen LogP) is 2.91. The number of nitrogens with two attached hydrogens (primary N) is 1. The molecule has 0 radical (unpaired) electrons. The van der Waals surface area contributed by atoms with Gasteiger partial charge >= 0.3 is 0 Å². The Labute approximate surface area is 124 Å². The molecule has 1 aromatic heterocycles. The molecule has 1 aromatic carbocycles. The van der Waals surface area contributed by atoms with Crippen LogP contribution in [0.25, 0.3) is 0 Å². The van der Waals surface area contributed by atoms with Gasteiger partial charge in [0.05, 0.1) is 14.9 Å². The van der Waals surface area contributed by atoms with Gasteiger partial charge in [-0.15, -0.1) is 0 Å². The Morgan fingerprint density at radius 3 is 2.63 bits per heavy atom. The number of aromatic nitrogens is 1. The fourth-order valence-electron chi connectivity index (χ4n) is 1.60. The molecular formula is C11H12BrN3O2S2. The number of rotatable bonds is 3. The lowest BCUT2D eigenvalue weighted by Gasteiger charge is -2.11. The van der Waals surface area contributed by atoms with Gasteiger partial charge in [-0.1, -0.05) is 11.3 Å². The number of nitrogens with one attached hydrogen (secondary N) is 1. The first-order valence-electron chi connectivity index (χ1n) is 5.30. The van der Waals surface area contributed by atoms with Crippen LogP contribution in [0.3, 0.4) is 0 Å². The number of anilines is 2. The second-order valence-electron chi connectivity index (χ2n) is 4.04. The van der Waals surface area contributed by atoms with Crippen molar-refractivity contribution in [1.29, 1.82) is 0 Å². The summed E-state index contributed by atoms with van der Waals surface area (Å²) < 4.78 is 27.8. The van der Waals surface area contributed by atoms with E-state index >= 15 is 0 Å². The van der Waals surface area contributed by atoms with E-state index in [1.807, 2.05) is 6.92 Å². The topological polar surface area (TPSA) is 85.1 Å². The van der Waals surface area contributed by atoms with Crippen molar-refractivity contribution in [2.75, 3.05) is 10.5 Å². The minimum atomic E-state index is -3.68. The molecule has 5 nitrogen and oxygen atoms in total. The van der Waals surface area contributed by atoms with E-state index in [1.54, 1.807) is 19.2 Å². The lowest BCUT2D eigenvalue weighted by molar-refractivity contribution is 0.600. The molecule has 19 heavy (non-hydrogen) atoms. The number of nitrogen functional groups attached to an aromatic ring is 1. The Hall–Kier alpha value is -1.12. The fourth-order valence-corrected chi connectivity index (χ4v) is 4.31. The average Bonchev–Trinajstić information content (AvgIpc) is 2.68. The third kappa shape index (κ3) is 3.07. The molecule has 0 amide bonds. The van der Waals surface area contributed by atoms with Gasteiger partial charge in [0.25, 0.3) is 10.0 Å². The van der Waals surface area contributed by atoms with Crippen LogP contribution in [-0.4, -0.2) is 13.4 Å². The first-order chi connectivity index (χ1) is 8.79. The highest BCUT2D eigenvalue weighted by molar-refractivity contribution is 9.11. The molecule has 0 aliphatic heterocycles. The molecule has 0 saturated heterocycles. The molecule has 0 bridgehead atoms. The maximum absolute atomic E-state index is 12.3. The second kappa shape index (κ2) is 5.10. The van der Waals surface area contributed by atoms with Gasteiger partial charge in [-0.3, -0.25) is 4.72 Å². The van der Waals surface area contributed by atoms with Gasteiger partial charge in [-0.25, -0.2) is 13.4 Å². The number of aryl methyl sites for hydroxylation is 1. The molecule has 1 heterocycles. The number of benzene rings is 1. The summed E-state index contributed by atoms with van der Waals surface area (Å²) in [6.07, 6.45) is 1.54. The van der Waals surface area contributed by atoms with Crippen molar-refractivity contribution in [3.63, 3.8) is 0 Å². The van der Waals surface area contributed by atoms with Crippen LogP contribution >= 0.6 is 27.3 Å². The van der Waals surface area contributed by atoms with Crippen LogP contribution in [0.4, 0.5) is 10.8 Å². The molecule has 0 atom stereocenters. The van der Waals surface area contributed by atoms with Crippen LogP contribution < -0.4 is 10.5 Å². The van der Waals surface area contributed by atoms with Gasteiger partial charge in [0, 0.05) is 5.69 Å². The van der Waals surface area contributed by atoms with Crippen molar-refractivity contribution in [2.45, 2.75) is 18.7 Å². The molecule has 8 heteroatoms. The van der Waals surface area contributed by atoms with Crippen LogP contribution in [0, 0.1) is 13.8 Å². The summed E-state index contributed by atoms with van der Waals surface area (Å²) in [6, 6.07) is 3.20. The maximum atomic E-state index is 12.3. The van der Waals surface area contributed by atoms with Crippen molar-refractivity contribution in [3.8, 4) is 0 Å². The Bertz CT molecular complexity index is 726. The lowest BCUT2D eigenvalue weighted by Crippen LogP contribution is -2.15. The summed E-state index contributed by atoms with van der Waals surface area (Å²) in [5, 5.41) is 0.311. The highest BCUT2D eigenvalue weighted by Crippen LogP contribution is 2.28. The smallest absolute Gasteiger partial charge is 0.264 e. The number of halogens is 1. The molecule has 0 fully saturated rings. The van der Waals surface area contributed by atoms with Crippen molar-refractivity contribution in [3.05, 3.63) is 33.2 Å². The highest BCUT2D eigenvalue weighted by atomic mass is 79.9. The van der Waals surface area contributed by atoms with Gasteiger partial charge in [0.1, 0.15) is 0 Å². The molecule has 102 valence electrons. The zero-order chi connectivity index (χ0) is 14.2. The Kier molecular flexibility index (Phi) is 3.84. The summed E-state index contributed by atoms with van der Waals surface area (Å²) in [6.45, 7) is 3.58. The molecule has 0 aliphatic carbocycles. The Balaban J connectivity index is 2.45. The highest BCUT2D eigenvalue weighted by Gasteiger charge is 2.20. The van der Waals surface area contributed by atoms with E-state index in [0.29, 0.717) is 16.4 Å². The van der Waals surface area contributed by atoms with Crippen molar-refractivity contribution in [2.24, 2.45) is 0 Å². The number of hydrogen-bond donors (Lipinski definition) is 2. The van der Waals surface area contributed by atoms with E-state index in [-0.39, 0.29) is 4.90 Å². The molecule has 2 aromatic rings. The van der Waals surface area contributed by atoms with Crippen molar-refractivity contribution >= 4 is 48.1 Å². The molecule has 3 N–H and O–H groups in total. The zero-order valence-electron chi connectivity index (χ0n) is 10.3. The summed E-state index contributed by atoms with van der Waals surface area (Å²) in [4.78, 5) is 4.13. The molecule has 0 saturated carbocycles. The third-order valence-electron chi connectivity index (χ3n) is 2.63. The normalized spacial score (nSPS) is 11.5. The first kappa shape index (κ1) is 14.3. The van der Waals surface area contributed by atoms with Gasteiger partial charge in [0.15, 0.2) is 5.13 Å². The van der Waals surface area contributed by atoms with E-state index < -0.39 is 10.0 Å². The third-order valence-corrected chi connectivity index (χ3v) is 5.62. The zero-order valence-corrected chi connectivity index (χ0v) is 13.5. The monoisotopic (exact) mass is 361 g/mol. The summed E-state index contributed by atoms with van der Waals surface area (Å²) in [5.41, 5.74) is 7.64. The summed E-state index contributed by atoms with van der Waals surface area (Å²) >= 11 is 4.44. The minimum Gasteiger partial charge on any atom is -0.399 e. The minimum absolute atomic E-state index is 0.177. The maximum Gasteiger partial charge on any atom is 0.264 e. The van der Waals surface area contributed by atoms with Crippen molar-refractivity contribution in [1.82, 2.24) is 4.98 Å². The predicted molar refractivity (Wildman–Crippen MR) is 81.0 cm³/mol. The Morgan fingerprint density at radius 1 is 1.37 bits per heavy atom. The van der Waals surface area contributed by atoms with Crippen LogP contribution in [0.15, 0.2) is 27.0 Å². The summed E-state index contributed by atoms with van der Waals surface area (Å²) in [5.74, 6) is 0. The van der Waals surface area contributed by atoms with Crippen molar-refractivity contribution < 1.29 is 8.42 Å². The first-order valence-corrected chi connectivity index (χ1v) is 8.40. The van der Waals surface area contributed by atoms with Crippen LogP contribution in [0.5, 0.6) is 0 Å². The van der Waals surface area contributed by atoms with Crippen LogP contribution in [0.1, 0.15) is 11.1 Å². The molecule has 0 spiro atoms. The Morgan fingerprint density at radius 2 is 2.05 bits per heavy atom. The van der Waals surface area contributed by atoms with E-state index in [9.17, 15) is 8.42 Å².